The summed E-state index contributed by atoms with van der Waals surface area (Å²) < 4.78 is 5.81. The average Bonchev–Trinajstić information content (AvgIpc) is 3.89. The number of rotatable bonds is 8. The van der Waals surface area contributed by atoms with Gasteiger partial charge >= 0.3 is 5.97 Å². The molecule has 0 saturated carbocycles. The lowest BCUT2D eigenvalue weighted by molar-refractivity contribution is -0.150. The lowest BCUT2D eigenvalue weighted by atomic mass is 9.92. The van der Waals surface area contributed by atoms with Crippen LogP contribution < -0.4 is 10.6 Å². The summed E-state index contributed by atoms with van der Waals surface area (Å²) in [6.07, 6.45) is 2.89. The predicted octanol–water partition coefficient (Wildman–Crippen LogP) is 5.57. The lowest BCUT2D eigenvalue weighted by Gasteiger charge is -2.38. The number of nitrogens with one attached hydrogen (secondary N) is 5. The van der Waals surface area contributed by atoms with Gasteiger partial charge < -0.3 is 29.9 Å². The molecule has 2 amide bonds. The van der Waals surface area contributed by atoms with E-state index >= 15 is 0 Å². The van der Waals surface area contributed by atoms with Gasteiger partial charge in [-0.15, -0.1) is 0 Å². The summed E-state index contributed by atoms with van der Waals surface area (Å²) in [7, 11) is 0. The van der Waals surface area contributed by atoms with Gasteiger partial charge in [0, 0.05) is 69.7 Å². The quantitative estimate of drug-likeness (QED) is 0.133. The Balaban J connectivity index is 1.03. The smallest absolute Gasteiger partial charge is 0.329 e. The van der Waals surface area contributed by atoms with Crippen molar-refractivity contribution in [3.05, 3.63) is 143 Å². The third kappa shape index (κ3) is 5.80. The molecule has 10 nitrogen and oxygen atoms in total. The maximum Gasteiger partial charge on any atom is 0.329 e. The molecular formula is C42H38N6O4. The number of carbonyl (C=O) groups excluding carboxylic acids is 3. The molecule has 0 spiro atoms. The molecule has 260 valence electrons. The molecule has 3 aromatic heterocycles. The van der Waals surface area contributed by atoms with E-state index in [0.717, 1.165) is 66.4 Å². The predicted molar refractivity (Wildman–Crippen MR) is 199 cm³/mol. The van der Waals surface area contributed by atoms with Gasteiger partial charge in [0.1, 0.15) is 18.7 Å². The summed E-state index contributed by atoms with van der Waals surface area (Å²) in [5, 5.41) is 9.61. The van der Waals surface area contributed by atoms with Gasteiger partial charge in [-0.05, 0) is 46.9 Å². The second kappa shape index (κ2) is 13.2. The summed E-state index contributed by atoms with van der Waals surface area (Å²) >= 11 is 0. The number of hydrogen-bond donors (Lipinski definition) is 5. The van der Waals surface area contributed by atoms with Crippen LogP contribution in [0.4, 0.5) is 0 Å². The van der Waals surface area contributed by atoms with Crippen molar-refractivity contribution >= 4 is 50.5 Å². The molecule has 0 aliphatic carbocycles. The van der Waals surface area contributed by atoms with Crippen molar-refractivity contribution in [2.45, 2.75) is 57.1 Å². The average molecular weight is 691 g/mol. The van der Waals surface area contributed by atoms with Crippen LogP contribution in [-0.4, -0.2) is 55.8 Å². The number of carbonyl (C=O) groups is 3. The van der Waals surface area contributed by atoms with Crippen LogP contribution in [0.15, 0.2) is 109 Å². The van der Waals surface area contributed by atoms with E-state index in [1.165, 1.54) is 0 Å². The van der Waals surface area contributed by atoms with Gasteiger partial charge in [0.2, 0.25) is 11.8 Å². The molecular weight excluding hydrogens is 652 g/mol. The molecule has 2 aliphatic rings. The van der Waals surface area contributed by atoms with Crippen molar-refractivity contribution in [3.8, 4) is 0 Å². The van der Waals surface area contributed by atoms with Gasteiger partial charge in [0.15, 0.2) is 0 Å². The monoisotopic (exact) mass is 690 g/mol. The fraction of sp³-hybridized carbons (Fsp3) is 0.214. The second-order valence-electron chi connectivity index (χ2n) is 13.8. The first-order valence-electron chi connectivity index (χ1n) is 17.8. The van der Waals surface area contributed by atoms with Crippen LogP contribution in [0, 0.1) is 0 Å². The number of fused-ring (bicyclic) bond motifs is 7. The highest BCUT2D eigenvalue weighted by atomic mass is 16.5. The van der Waals surface area contributed by atoms with E-state index in [2.05, 4.69) is 31.7 Å². The Hall–Kier alpha value is -6.13. The van der Waals surface area contributed by atoms with Crippen molar-refractivity contribution in [1.82, 2.24) is 30.5 Å². The number of nitrogens with zero attached hydrogens (tertiary/aromatic N) is 1. The van der Waals surface area contributed by atoms with Crippen molar-refractivity contribution in [2.24, 2.45) is 0 Å². The molecule has 2 aliphatic heterocycles. The molecule has 10 heteroatoms. The number of hydrogen-bond acceptors (Lipinski definition) is 5. The zero-order valence-electron chi connectivity index (χ0n) is 28.4. The van der Waals surface area contributed by atoms with Crippen LogP contribution in [0.5, 0.6) is 0 Å². The standard InChI is InChI=1S/C42H38N6O4/c49-40(47-36(42(51)52-24-25-10-2-1-3-11-25)18-26-21-43-32-15-7-4-12-27(26)32)39-20-31-29-14-6-9-17-34(29)46-38(31)23-48(39)41(50)35-19-30-28-13-5-8-16-33(28)45-37(30)22-44-35/h1-17,21,35-36,39,43-46H,18-20,22-24H2,(H,47,49). The van der Waals surface area contributed by atoms with Gasteiger partial charge in [0.05, 0.1) is 12.6 Å². The minimum Gasteiger partial charge on any atom is -0.459 e. The van der Waals surface area contributed by atoms with Crippen molar-refractivity contribution in [1.29, 1.82) is 0 Å². The molecule has 4 aromatic carbocycles. The van der Waals surface area contributed by atoms with E-state index in [1.54, 1.807) is 4.90 Å². The minimum atomic E-state index is -0.988. The fourth-order valence-corrected chi connectivity index (χ4v) is 8.00. The Morgan fingerprint density at radius 3 is 2.13 bits per heavy atom. The second-order valence-corrected chi connectivity index (χ2v) is 13.8. The zero-order chi connectivity index (χ0) is 35.2. The number of esters is 1. The molecule has 0 bridgehead atoms. The summed E-state index contributed by atoms with van der Waals surface area (Å²) in [6, 6.07) is 31.1. The first-order chi connectivity index (χ1) is 25.5. The van der Waals surface area contributed by atoms with E-state index in [0.29, 0.717) is 19.4 Å². The molecule has 9 rings (SSSR count). The van der Waals surface area contributed by atoms with Gasteiger partial charge in [-0.3, -0.25) is 14.9 Å². The van der Waals surface area contributed by atoms with Crippen LogP contribution in [-0.2, 0) is 58.1 Å². The Morgan fingerprint density at radius 2 is 1.38 bits per heavy atom. The van der Waals surface area contributed by atoms with Crippen LogP contribution in [0.1, 0.15) is 33.6 Å². The first kappa shape index (κ1) is 31.8. The number of amides is 2. The fourth-order valence-electron chi connectivity index (χ4n) is 8.00. The van der Waals surface area contributed by atoms with E-state index in [4.69, 9.17) is 4.74 Å². The molecule has 3 unspecified atom stereocenters. The maximum absolute atomic E-state index is 14.6. The number of benzene rings is 4. The molecule has 0 radical (unpaired) electrons. The minimum absolute atomic E-state index is 0.0792. The van der Waals surface area contributed by atoms with E-state index < -0.39 is 30.0 Å². The Morgan fingerprint density at radius 1 is 0.750 bits per heavy atom. The third-order valence-electron chi connectivity index (χ3n) is 10.6. The summed E-state index contributed by atoms with van der Waals surface area (Å²) in [6.45, 7) is 0.837. The molecule has 3 atom stereocenters. The topological polar surface area (TPSA) is 135 Å². The van der Waals surface area contributed by atoms with Crippen molar-refractivity contribution in [2.75, 3.05) is 0 Å². The van der Waals surface area contributed by atoms with Crippen molar-refractivity contribution < 1.29 is 19.1 Å². The highest BCUT2D eigenvalue weighted by Gasteiger charge is 2.41. The van der Waals surface area contributed by atoms with Crippen LogP contribution in [0.25, 0.3) is 32.7 Å². The normalized spacial score (nSPS) is 17.5. The molecule has 0 saturated heterocycles. The molecule has 0 fully saturated rings. The molecule has 5 heterocycles. The van der Waals surface area contributed by atoms with Gasteiger partial charge in [-0.1, -0.05) is 84.9 Å². The lowest BCUT2D eigenvalue weighted by Crippen LogP contribution is -2.59. The van der Waals surface area contributed by atoms with Crippen LogP contribution in [0.3, 0.4) is 0 Å². The Kier molecular flexibility index (Phi) is 8.08. The number of para-hydroxylation sites is 3. The van der Waals surface area contributed by atoms with Crippen LogP contribution in [0.2, 0.25) is 0 Å². The number of aromatic amines is 3. The largest absolute Gasteiger partial charge is 0.459 e. The maximum atomic E-state index is 14.6. The first-order valence-corrected chi connectivity index (χ1v) is 17.8. The van der Waals surface area contributed by atoms with Crippen LogP contribution >= 0.6 is 0 Å². The van der Waals surface area contributed by atoms with E-state index in [9.17, 15) is 14.4 Å². The summed E-state index contributed by atoms with van der Waals surface area (Å²) in [5.41, 5.74) is 8.80. The Bertz CT molecular complexity index is 2460. The molecule has 7 aromatic rings. The van der Waals surface area contributed by atoms with Gasteiger partial charge in [0.25, 0.3) is 0 Å². The van der Waals surface area contributed by atoms with E-state index in [-0.39, 0.29) is 25.5 Å². The highest BCUT2D eigenvalue weighted by molar-refractivity contribution is 5.96. The third-order valence-corrected chi connectivity index (χ3v) is 10.6. The SMILES string of the molecule is O=C(OCc1ccccc1)C(Cc1c[nH]c2ccccc12)NC(=O)C1Cc2c([nH]c3ccccc23)CN1C(=O)C1Cc2c([nH]c3ccccc23)CN1. The zero-order valence-corrected chi connectivity index (χ0v) is 28.4. The Labute approximate surface area is 299 Å². The molecule has 5 N–H and O–H groups in total. The van der Waals surface area contributed by atoms with E-state index in [1.807, 2.05) is 103 Å². The number of aromatic nitrogens is 3. The summed E-state index contributed by atoms with van der Waals surface area (Å²) in [5.74, 6) is -1.08. The highest BCUT2D eigenvalue weighted by Crippen LogP contribution is 2.33. The number of ether oxygens (including phenoxy) is 1. The summed E-state index contributed by atoms with van der Waals surface area (Å²) in [4.78, 5) is 55.0. The van der Waals surface area contributed by atoms with Gasteiger partial charge in [-0.2, -0.15) is 0 Å². The molecule has 52 heavy (non-hydrogen) atoms. The van der Waals surface area contributed by atoms with Gasteiger partial charge in [-0.25, -0.2) is 4.79 Å². The number of H-pyrrole nitrogens is 3. The van der Waals surface area contributed by atoms with Crippen molar-refractivity contribution in [3.63, 3.8) is 0 Å².